The van der Waals surface area contributed by atoms with Crippen molar-refractivity contribution in [2.24, 2.45) is 0 Å². The first-order valence-electron chi connectivity index (χ1n) is 6.25. The van der Waals surface area contributed by atoms with Gasteiger partial charge < -0.3 is 24.1 Å². The summed E-state index contributed by atoms with van der Waals surface area (Å²) >= 11 is 0. The van der Waals surface area contributed by atoms with Crippen LogP contribution in [0.5, 0.6) is 23.0 Å². The highest BCUT2D eigenvalue weighted by atomic mass is 32.2. The lowest BCUT2D eigenvalue weighted by molar-refractivity contribution is 0.0734. The van der Waals surface area contributed by atoms with Crippen molar-refractivity contribution in [2.45, 2.75) is 12.2 Å². The summed E-state index contributed by atoms with van der Waals surface area (Å²) in [5.41, 5.74) is 0. The third-order valence-electron chi connectivity index (χ3n) is 3.20. The molecule has 0 amide bonds. The van der Waals surface area contributed by atoms with Crippen LogP contribution in [0.3, 0.4) is 0 Å². The molecule has 0 bridgehead atoms. The molecule has 1 aromatic rings. The smallest absolute Gasteiger partial charge is 0.203 e. The zero-order chi connectivity index (χ0) is 15.6. The molecule has 0 saturated carbocycles. The van der Waals surface area contributed by atoms with E-state index in [0.29, 0.717) is 23.0 Å². The van der Waals surface area contributed by atoms with E-state index in [0.717, 1.165) is 0 Å². The minimum atomic E-state index is -3.27. The molecular weight excluding hydrogens is 300 g/mol. The predicted octanol–water partition coefficient (Wildman–Crippen LogP) is 0.249. The van der Waals surface area contributed by atoms with Gasteiger partial charge in [-0.25, -0.2) is 8.42 Å². The normalized spacial score (nSPS) is 23.6. The first kappa shape index (κ1) is 15.7. The van der Waals surface area contributed by atoms with E-state index in [1.54, 1.807) is 12.1 Å². The molecule has 21 heavy (non-hydrogen) atoms. The number of ether oxygens (including phenoxy) is 4. The molecule has 0 radical (unpaired) electrons. The Kier molecular flexibility index (Phi) is 4.48. The van der Waals surface area contributed by atoms with E-state index in [1.807, 2.05) is 0 Å². The molecule has 2 rings (SSSR count). The van der Waals surface area contributed by atoms with E-state index >= 15 is 0 Å². The van der Waals surface area contributed by atoms with Gasteiger partial charge in [-0.3, -0.25) is 0 Å². The number of methoxy groups -OCH3 is 3. The molecule has 1 saturated heterocycles. The highest BCUT2D eigenvalue weighted by Crippen LogP contribution is 2.41. The Morgan fingerprint density at radius 1 is 1.05 bits per heavy atom. The van der Waals surface area contributed by atoms with Crippen molar-refractivity contribution in [2.75, 3.05) is 32.8 Å². The molecule has 0 aliphatic carbocycles. The lowest BCUT2D eigenvalue weighted by Gasteiger charge is -2.18. The fourth-order valence-electron chi connectivity index (χ4n) is 2.21. The first-order valence-corrected chi connectivity index (χ1v) is 8.07. The fourth-order valence-corrected chi connectivity index (χ4v) is 3.87. The maximum atomic E-state index is 11.5. The van der Waals surface area contributed by atoms with E-state index in [9.17, 15) is 13.5 Å². The summed E-state index contributed by atoms with van der Waals surface area (Å²) in [6, 6.07) is 3.11. The van der Waals surface area contributed by atoms with Crippen molar-refractivity contribution in [1.82, 2.24) is 0 Å². The number of sulfone groups is 1. The average molecular weight is 318 g/mol. The van der Waals surface area contributed by atoms with Gasteiger partial charge in [-0.1, -0.05) is 0 Å². The van der Waals surface area contributed by atoms with Crippen LogP contribution in [0, 0.1) is 0 Å². The Balaban J connectivity index is 2.29. The van der Waals surface area contributed by atoms with Gasteiger partial charge in [0.25, 0.3) is 0 Å². The molecule has 0 spiro atoms. The van der Waals surface area contributed by atoms with Crippen LogP contribution in [0.1, 0.15) is 0 Å². The lowest BCUT2D eigenvalue weighted by atomic mass is 10.2. The molecule has 1 heterocycles. The summed E-state index contributed by atoms with van der Waals surface area (Å²) in [6.07, 6.45) is -1.85. The largest absolute Gasteiger partial charge is 0.493 e. The van der Waals surface area contributed by atoms with E-state index in [4.69, 9.17) is 18.9 Å². The molecule has 1 fully saturated rings. The molecule has 1 N–H and O–H groups in total. The fraction of sp³-hybridized carbons (Fsp3) is 0.538. The van der Waals surface area contributed by atoms with Gasteiger partial charge in [-0.15, -0.1) is 0 Å². The van der Waals surface area contributed by atoms with Crippen LogP contribution in [-0.4, -0.2) is 58.6 Å². The van der Waals surface area contributed by atoms with Crippen LogP contribution in [-0.2, 0) is 9.84 Å². The van der Waals surface area contributed by atoms with Gasteiger partial charge in [-0.2, -0.15) is 0 Å². The maximum absolute atomic E-state index is 11.5. The molecule has 1 aromatic carbocycles. The molecule has 118 valence electrons. The second-order valence-electron chi connectivity index (χ2n) is 4.66. The van der Waals surface area contributed by atoms with Gasteiger partial charge in [-0.05, 0) is 0 Å². The van der Waals surface area contributed by atoms with Crippen LogP contribution in [0.2, 0.25) is 0 Å². The van der Waals surface area contributed by atoms with Crippen LogP contribution < -0.4 is 18.9 Å². The number of hydrogen-bond acceptors (Lipinski definition) is 7. The highest BCUT2D eigenvalue weighted by Gasteiger charge is 2.38. The van der Waals surface area contributed by atoms with Crippen molar-refractivity contribution in [3.05, 3.63) is 12.1 Å². The zero-order valence-electron chi connectivity index (χ0n) is 12.0. The number of aliphatic hydroxyl groups excluding tert-OH is 1. The Labute approximate surface area is 123 Å². The summed E-state index contributed by atoms with van der Waals surface area (Å²) in [7, 11) is 1.15. The molecule has 8 heteroatoms. The number of aliphatic hydroxyl groups is 1. The minimum absolute atomic E-state index is 0.217. The molecule has 7 nitrogen and oxygen atoms in total. The Hall–Kier alpha value is -1.67. The van der Waals surface area contributed by atoms with E-state index < -0.39 is 22.0 Å². The Morgan fingerprint density at radius 2 is 1.62 bits per heavy atom. The Morgan fingerprint density at radius 3 is 2.00 bits per heavy atom. The van der Waals surface area contributed by atoms with E-state index in [1.165, 1.54) is 21.3 Å². The SMILES string of the molecule is COc1cc(OC2CS(=O)(=O)CC2O)cc(OC)c1OC. The predicted molar refractivity (Wildman–Crippen MR) is 75.2 cm³/mol. The average Bonchev–Trinajstić information content (AvgIpc) is 2.70. The van der Waals surface area contributed by atoms with Gasteiger partial charge in [0.1, 0.15) is 18.0 Å². The van der Waals surface area contributed by atoms with Crippen molar-refractivity contribution >= 4 is 9.84 Å². The zero-order valence-corrected chi connectivity index (χ0v) is 12.8. The van der Waals surface area contributed by atoms with Crippen molar-refractivity contribution in [3.8, 4) is 23.0 Å². The van der Waals surface area contributed by atoms with Gasteiger partial charge >= 0.3 is 0 Å². The maximum Gasteiger partial charge on any atom is 0.203 e. The topological polar surface area (TPSA) is 91.3 Å². The third-order valence-corrected chi connectivity index (χ3v) is 4.88. The summed E-state index contributed by atoms with van der Waals surface area (Å²) in [5, 5.41) is 9.75. The standard InChI is InChI=1S/C13H18O7S/c1-17-10-4-8(5-11(18-2)13(10)19-3)20-12-7-21(15,16)6-9(12)14/h4-5,9,12,14H,6-7H2,1-3H3. The number of hydrogen-bond donors (Lipinski definition) is 1. The number of rotatable bonds is 5. The lowest BCUT2D eigenvalue weighted by Crippen LogP contribution is -2.29. The van der Waals surface area contributed by atoms with Gasteiger partial charge in [0.05, 0.1) is 32.8 Å². The van der Waals surface area contributed by atoms with Gasteiger partial charge in [0.15, 0.2) is 21.3 Å². The Bertz CT molecular complexity index is 586. The summed E-state index contributed by atoms with van der Waals surface area (Å²) < 4.78 is 44.1. The minimum Gasteiger partial charge on any atom is -0.493 e. The molecule has 1 aliphatic rings. The molecular formula is C13H18O7S. The second kappa shape index (κ2) is 5.98. The summed E-state index contributed by atoms with van der Waals surface area (Å²) in [5.74, 6) is 1.02. The van der Waals surface area contributed by atoms with Crippen LogP contribution in [0.25, 0.3) is 0 Å². The van der Waals surface area contributed by atoms with Crippen LogP contribution >= 0.6 is 0 Å². The molecule has 2 atom stereocenters. The van der Waals surface area contributed by atoms with E-state index in [-0.39, 0.29) is 11.5 Å². The first-order chi connectivity index (χ1) is 9.90. The van der Waals surface area contributed by atoms with Crippen molar-refractivity contribution in [1.29, 1.82) is 0 Å². The second-order valence-corrected chi connectivity index (χ2v) is 6.82. The highest BCUT2D eigenvalue weighted by molar-refractivity contribution is 7.91. The quantitative estimate of drug-likeness (QED) is 0.832. The molecule has 1 aliphatic heterocycles. The molecule has 0 aromatic heterocycles. The van der Waals surface area contributed by atoms with E-state index in [2.05, 4.69) is 0 Å². The van der Waals surface area contributed by atoms with Crippen molar-refractivity contribution < 1.29 is 32.5 Å². The van der Waals surface area contributed by atoms with Gasteiger partial charge in [0, 0.05) is 12.1 Å². The summed E-state index contributed by atoms with van der Waals surface area (Å²) in [6.45, 7) is 0. The molecule has 2 unspecified atom stereocenters. The van der Waals surface area contributed by atoms with Crippen molar-refractivity contribution in [3.63, 3.8) is 0 Å². The number of benzene rings is 1. The van der Waals surface area contributed by atoms with Crippen LogP contribution in [0.15, 0.2) is 12.1 Å². The third kappa shape index (κ3) is 3.33. The summed E-state index contributed by atoms with van der Waals surface area (Å²) in [4.78, 5) is 0. The van der Waals surface area contributed by atoms with Crippen LogP contribution in [0.4, 0.5) is 0 Å². The monoisotopic (exact) mass is 318 g/mol. The van der Waals surface area contributed by atoms with Gasteiger partial charge in [0.2, 0.25) is 5.75 Å².